The number of aryl methyl sites for hydroxylation is 1. The minimum Gasteiger partial charge on any atom is -0.383 e. The minimum atomic E-state index is -0.583. The fourth-order valence-electron chi connectivity index (χ4n) is 2.76. The van der Waals surface area contributed by atoms with Crippen LogP contribution in [0.2, 0.25) is 0 Å². The number of hydrogen-bond donors (Lipinski definition) is 3. The Kier molecular flexibility index (Phi) is 5.50. The molecule has 6 nitrogen and oxygen atoms in total. The van der Waals surface area contributed by atoms with E-state index in [1.165, 1.54) is 0 Å². The third-order valence-corrected chi connectivity index (χ3v) is 4.22. The number of carbonyl (C=O) groups is 2. The molecule has 0 radical (unpaired) electrons. The van der Waals surface area contributed by atoms with Gasteiger partial charge in [-0.2, -0.15) is 0 Å². The van der Waals surface area contributed by atoms with Gasteiger partial charge in [-0.25, -0.2) is 4.99 Å². The van der Waals surface area contributed by atoms with Crippen molar-refractivity contribution in [2.45, 2.75) is 6.92 Å². The van der Waals surface area contributed by atoms with Crippen LogP contribution in [0.25, 0.3) is 0 Å². The Balaban J connectivity index is 1.92. The molecule has 5 N–H and O–H groups in total. The van der Waals surface area contributed by atoms with Gasteiger partial charge in [0.15, 0.2) is 0 Å². The molecule has 6 heteroatoms. The van der Waals surface area contributed by atoms with Crippen LogP contribution in [-0.2, 0) is 0 Å². The van der Waals surface area contributed by atoms with Gasteiger partial charge in [-0.3, -0.25) is 9.59 Å². The Morgan fingerprint density at radius 3 is 2.14 bits per heavy atom. The predicted octanol–water partition coefficient (Wildman–Crippen LogP) is 3.38. The van der Waals surface area contributed by atoms with Gasteiger partial charge in [-0.15, -0.1) is 0 Å². The maximum atomic E-state index is 12.6. The first-order chi connectivity index (χ1) is 13.5. The monoisotopic (exact) mass is 372 g/mol. The lowest BCUT2D eigenvalue weighted by molar-refractivity contribution is 0.0997. The van der Waals surface area contributed by atoms with E-state index in [9.17, 15) is 9.59 Å². The lowest BCUT2D eigenvalue weighted by Crippen LogP contribution is -2.21. The van der Waals surface area contributed by atoms with Crippen LogP contribution in [0.1, 0.15) is 31.8 Å². The van der Waals surface area contributed by atoms with E-state index in [0.717, 1.165) is 5.56 Å². The molecule has 0 unspecified atom stereocenters. The normalized spacial score (nSPS) is 11.1. The number of nitrogens with one attached hydrogen (secondary N) is 1. The minimum absolute atomic E-state index is 0.146. The van der Waals surface area contributed by atoms with Gasteiger partial charge in [0.05, 0.1) is 11.3 Å². The van der Waals surface area contributed by atoms with Crippen molar-refractivity contribution in [3.8, 4) is 0 Å². The number of para-hydroxylation sites is 1. The number of anilines is 1. The summed E-state index contributed by atoms with van der Waals surface area (Å²) in [7, 11) is 0. The standard InChI is InChI=1S/C22H20N4O2/c1-14-11-12-16(13-19(14)22(28)26-15-7-3-2-4-8-15)25-20(23)17-9-5-6-10-18(17)21(24)27/h2-13H,1H3,(H2,23,25)(H2,24,27)(H,26,28). The van der Waals surface area contributed by atoms with Crippen molar-refractivity contribution in [2.24, 2.45) is 16.5 Å². The molecular formula is C22H20N4O2. The van der Waals surface area contributed by atoms with E-state index in [1.807, 2.05) is 37.3 Å². The molecule has 3 aromatic rings. The number of carbonyl (C=O) groups excluding carboxylic acids is 2. The van der Waals surface area contributed by atoms with Crippen LogP contribution >= 0.6 is 0 Å². The van der Waals surface area contributed by atoms with Crippen LogP contribution in [0.15, 0.2) is 77.8 Å². The second kappa shape index (κ2) is 8.18. The fourth-order valence-corrected chi connectivity index (χ4v) is 2.76. The van der Waals surface area contributed by atoms with Crippen LogP contribution in [-0.4, -0.2) is 17.6 Å². The van der Waals surface area contributed by atoms with Crippen LogP contribution in [0, 0.1) is 6.92 Å². The topological polar surface area (TPSA) is 111 Å². The highest BCUT2D eigenvalue weighted by molar-refractivity contribution is 6.09. The van der Waals surface area contributed by atoms with Gasteiger partial charge in [0, 0.05) is 16.8 Å². The zero-order chi connectivity index (χ0) is 20.1. The number of amides is 2. The summed E-state index contributed by atoms with van der Waals surface area (Å²) in [6, 6.07) is 21.1. The summed E-state index contributed by atoms with van der Waals surface area (Å²) < 4.78 is 0. The predicted molar refractivity (Wildman–Crippen MR) is 111 cm³/mol. The summed E-state index contributed by atoms with van der Waals surface area (Å²) in [5.41, 5.74) is 14.7. The Morgan fingerprint density at radius 1 is 0.821 bits per heavy atom. The molecule has 0 bridgehead atoms. The maximum absolute atomic E-state index is 12.6. The number of nitrogens with zero attached hydrogens (tertiary/aromatic N) is 1. The highest BCUT2D eigenvalue weighted by atomic mass is 16.2. The van der Waals surface area contributed by atoms with Crippen LogP contribution in [0.4, 0.5) is 11.4 Å². The van der Waals surface area contributed by atoms with E-state index in [2.05, 4.69) is 10.3 Å². The first kappa shape index (κ1) is 18.8. The van der Waals surface area contributed by atoms with Crippen molar-refractivity contribution >= 4 is 29.0 Å². The highest BCUT2D eigenvalue weighted by Crippen LogP contribution is 2.21. The molecule has 0 aromatic heterocycles. The molecule has 0 fully saturated rings. The summed E-state index contributed by atoms with van der Waals surface area (Å²) >= 11 is 0. The highest BCUT2D eigenvalue weighted by Gasteiger charge is 2.13. The van der Waals surface area contributed by atoms with Crippen molar-refractivity contribution in [1.29, 1.82) is 0 Å². The molecule has 140 valence electrons. The van der Waals surface area contributed by atoms with Crippen molar-refractivity contribution in [2.75, 3.05) is 5.32 Å². The molecule has 28 heavy (non-hydrogen) atoms. The average molecular weight is 372 g/mol. The first-order valence-electron chi connectivity index (χ1n) is 8.66. The van der Waals surface area contributed by atoms with Crippen LogP contribution < -0.4 is 16.8 Å². The summed E-state index contributed by atoms with van der Waals surface area (Å²) in [6.07, 6.45) is 0. The summed E-state index contributed by atoms with van der Waals surface area (Å²) in [5.74, 6) is -0.676. The lowest BCUT2D eigenvalue weighted by atomic mass is 10.1. The quantitative estimate of drug-likeness (QED) is 0.471. The first-order valence-corrected chi connectivity index (χ1v) is 8.66. The van der Waals surface area contributed by atoms with E-state index in [0.29, 0.717) is 22.5 Å². The molecule has 0 atom stereocenters. The molecule has 3 aromatic carbocycles. The number of rotatable bonds is 5. The summed E-state index contributed by atoms with van der Waals surface area (Å²) in [5, 5.41) is 2.86. The van der Waals surface area contributed by atoms with Gasteiger partial charge >= 0.3 is 0 Å². The molecule has 0 heterocycles. The van der Waals surface area contributed by atoms with E-state index < -0.39 is 5.91 Å². The number of nitrogens with two attached hydrogens (primary N) is 2. The van der Waals surface area contributed by atoms with Gasteiger partial charge in [-0.05, 0) is 42.8 Å². The fraction of sp³-hybridized carbons (Fsp3) is 0.0455. The molecule has 0 saturated carbocycles. The average Bonchev–Trinajstić information content (AvgIpc) is 2.70. The van der Waals surface area contributed by atoms with Gasteiger partial charge in [0.1, 0.15) is 5.84 Å². The summed E-state index contributed by atoms with van der Waals surface area (Å²) in [4.78, 5) is 28.6. The summed E-state index contributed by atoms with van der Waals surface area (Å²) in [6.45, 7) is 1.85. The smallest absolute Gasteiger partial charge is 0.256 e. The van der Waals surface area contributed by atoms with E-state index in [4.69, 9.17) is 11.5 Å². The molecule has 0 aliphatic rings. The van der Waals surface area contributed by atoms with Crippen molar-refractivity contribution in [1.82, 2.24) is 0 Å². The Morgan fingerprint density at radius 2 is 1.46 bits per heavy atom. The van der Waals surface area contributed by atoms with E-state index in [-0.39, 0.29) is 17.3 Å². The Labute approximate surface area is 162 Å². The zero-order valence-corrected chi connectivity index (χ0v) is 15.3. The largest absolute Gasteiger partial charge is 0.383 e. The SMILES string of the molecule is Cc1ccc(N=C(N)c2ccccc2C(N)=O)cc1C(=O)Nc1ccccc1. The molecule has 0 saturated heterocycles. The van der Waals surface area contributed by atoms with Crippen molar-refractivity contribution < 1.29 is 9.59 Å². The Hall–Kier alpha value is -3.93. The number of primary amides is 1. The van der Waals surface area contributed by atoms with Gasteiger partial charge in [-0.1, -0.05) is 42.5 Å². The van der Waals surface area contributed by atoms with Crippen molar-refractivity contribution in [3.63, 3.8) is 0 Å². The van der Waals surface area contributed by atoms with E-state index >= 15 is 0 Å². The van der Waals surface area contributed by atoms with Crippen molar-refractivity contribution in [3.05, 3.63) is 95.1 Å². The zero-order valence-electron chi connectivity index (χ0n) is 15.3. The number of aliphatic imine (C=N–C) groups is 1. The second-order valence-corrected chi connectivity index (χ2v) is 6.23. The molecular weight excluding hydrogens is 352 g/mol. The third kappa shape index (κ3) is 4.24. The van der Waals surface area contributed by atoms with Gasteiger partial charge < -0.3 is 16.8 Å². The molecule has 0 spiro atoms. The maximum Gasteiger partial charge on any atom is 0.256 e. The number of benzene rings is 3. The molecule has 0 aliphatic carbocycles. The third-order valence-electron chi connectivity index (χ3n) is 4.22. The molecule has 2 amide bonds. The van der Waals surface area contributed by atoms with Crippen LogP contribution in [0.5, 0.6) is 0 Å². The number of amidine groups is 1. The lowest BCUT2D eigenvalue weighted by Gasteiger charge is -2.10. The van der Waals surface area contributed by atoms with Crippen LogP contribution in [0.3, 0.4) is 0 Å². The molecule has 0 aliphatic heterocycles. The Bertz CT molecular complexity index is 1060. The van der Waals surface area contributed by atoms with E-state index in [1.54, 1.807) is 42.5 Å². The van der Waals surface area contributed by atoms with Gasteiger partial charge in [0.25, 0.3) is 5.91 Å². The van der Waals surface area contributed by atoms with Gasteiger partial charge in [0.2, 0.25) is 5.91 Å². The number of hydrogen-bond acceptors (Lipinski definition) is 3. The molecule has 3 rings (SSSR count). The second-order valence-electron chi connectivity index (χ2n) is 6.23.